The van der Waals surface area contributed by atoms with E-state index in [4.69, 9.17) is 34.7 Å². The van der Waals surface area contributed by atoms with Gasteiger partial charge >= 0.3 is 0 Å². The van der Waals surface area contributed by atoms with E-state index in [0.717, 1.165) is 16.7 Å². The first-order valence-electron chi connectivity index (χ1n) is 6.82. The monoisotopic (exact) mass is 346 g/mol. The van der Waals surface area contributed by atoms with Crippen LogP contribution in [0.25, 0.3) is 5.57 Å². The highest BCUT2D eigenvalue weighted by molar-refractivity contribution is 6.31. The Kier molecular flexibility index (Phi) is 5.79. The Hall–Kier alpha value is -2.30. The van der Waals surface area contributed by atoms with E-state index in [9.17, 15) is 0 Å². The quantitative estimate of drug-likeness (QED) is 0.497. The lowest BCUT2D eigenvalue weighted by molar-refractivity contribution is 1.20. The van der Waals surface area contributed by atoms with Crippen LogP contribution in [0.15, 0.2) is 64.8 Å². The minimum atomic E-state index is -0.103. The van der Waals surface area contributed by atoms with E-state index in [0.29, 0.717) is 15.8 Å². The first kappa shape index (κ1) is 17.1. The molecule has 0 heterocycles. The molecule has 0 unspecified atom stereocenters. The molecule has 0 aliphatic carbocycles. The molecule has 0 amide bonds. The Balaban J connectivity index is 2.43. The summed E-state index contributed by atoms with van der Waals surface area (Å²) in [5, 5.41) is 9.20. The Bertz CT molecular complexity index is 756. The highest BCUT2D eigenvalue weighted by Crippen LogP contribution is 2.19. The molecule has 4 N–H and O–H groups in total. The van der Waals surface area contributed by atoms with E-state index in [-0.39, 0.29) is 5.96 Å². The summed E-state index contributed by atoms with van der Waals surface area (Å²) in [5.41, 5.74) is 14.2. The lowest BCUT2D eigenvalue weighted by atomic mass is 10.0. The minimum Gasteiger partial charge on any atom is -0.369 e. The lowest BCUT2D eigenvalue weighted by Crippen LogP contribution is -2.22. The fraction of sp³-hybridized carbons (Fsp3) is 0.0588. The number of benzene rings is 2. The average Bonchev–Trinajstić information content (AvgIpc) is 2.52. The smallest absolute Gasteiger partial charge is 0.211 e. The van der Waals surface area contributed by atoms with Gasteiger partial charge in [-0.3, -0.25) is 0 Å². The van der Waals surface area contributed by atoms with Crippen LogP contribution in [0.5, 0.6) is 0 Å². The molecule has 2 aromatic rings. The van der Waals surface area contributed by atoms with Gasteiger partial charge in [0, 0.05) is 15.6 Å². The lowest BCUT2D eigenvalue weighted by Gasteiger charge is -2.05. The topological polar surface area (TPSA) is 76.8 Å². The van der Waals surface area contributed by atoms with E-state index >= 15 is 0 Å². The van der Waals surface area contributed by atoms with Crippen molar-refractivity contribution in [2.45, 2.75) is 6.92 Å². The standard InChI is InChI=1S/C17H16Cl2N4/c1-11(12-2-6-14(18)7-3-12)10-16(22-23-17(20)21)13-4-8-15(19)9-5-13/h2-10H,1H3,(H4,20,21,23). The fourth-order valence-corrected chi connectivity index (χ4v) is 2.16. The minimum absolute atomic E-state index is 0.103. The third-order valence-electron chi connectivity index (χ3n) is 3.07. The molecular weight excluding hydrogens is 331 g/mol. The summed E-state index contributed by atoms with van der Waals surface area (Å²) in [6.45, 7) is 1.98. The number of hydrogen-bond acceptors (Lipinski definition) is 2. The maximum Gasteiger partial charge on any atom is 0.211 e. The van der Waals surface area contributed by atoms with Gasteiger partial charge in [-0.2, -0.15) is 0 Å². The van der Waals surface area contributed by atoms with Gasteiger partial charge in [0.2, 0.25) is 5.96 Å². The van der Waals surface area contributed by atoms with Crippen LogP contribution in [-0.4, -0.2) is 11.7 Å². The van der Waals surface area contributed by atoms with Gasteiger partial charge in [0.15, 0.2) is 0 Å². The Morgan fingerprint density at radius 1 is 0.826 bits per heavy atom. The number of hydrogen-bond donors (Lipinski definition) is 2. The summed E-state index contributed by atoms with van der Waals surface area (Å²) in [5.74, 6) is -0.103. The van der Waals surface area contributed by atoms with Crippen molar-refractivity contribution in [2.24, 2.45) is 21.7 Å². The van der Waals surface area contributed by atoms with Crippen LogP contribution in [0.4, 0.5) is 0 Å². The molecule has 0 spiro atoms. The van der Waals surface area contributed by atoms with Crippen molar-refractivity contribution in [1.29, 1.82) is 0 Å². The van der Waals surface area contributed by atoms with Crippen LogP contribution >= 0.6 is 23.2 Å². The average molecular weight is 347 g/mol. The molecule has 2 rings (SSSR count). The SMILES string of the molecule is CC(=CC(=NN=C(N)N)c1ccc(Cl)cc1)c1ccc(Cl)cc1. The van der Waals surface area contributed by atoms with E-state index in [1.807, 2.05) is 49.4 Å². The highest BCUT2D eigenvalue weighted by Gasteiger charge is 2.04. The molecule has 0 radical (unpaired) electrons. The molecule has 0 aliphatic heterocycles. The zero-order valence-corrected chi connectivity index (χ0v) is 14.0. The number of nitrogens with zero attached hydrogens (tertiary/aromatic N) is 2. The number of guanidine groups is 1. The zero-order valence-electron chi connectivity index (χ0n) is 12.5. The number of halogens is 2. The largest absolute Gasteiger partial charge is 0.369 e. The van der Waals surface area contributed by atoms with Crippen molar-refractivity contribution in [1.82, 2.24) is 0 Å². The third kappa shape index (κ3) is 5.13. The molecule has 0 saturated heterocycles. The number of allylic oxidation sites excluding steroid dienone is 2. The first-order valence-corrected chi connectivity index (χ1v) is 7.58. The molecule has 0 aromatic heterocycles. The van der Waals surface area contributed by atoms with E-state index in [1.165, 1.54) is 0 Å². The summed E-state index contributed by atoms with van der Waals surface area (Å²) in [7, 11) is 0. The predicted octanol–water partition coefficient (Wildman–Crippen LogP) is 4.07. The van der Waals surface area contributed by atoms with Gasteiger partial charge in [-0.25, -0.2) is 0 Å². The van der Waals surface area contributed by atoms with Crippen LogP contribution in [0.2, 0.25) is 10.0 Å². The van der Waals surface area contributed by atoms with Gasteiger partial charge in [-0.15, -0.1) is 10.2 Å². The molecule has 2 aromatic carbocycles. The summed E-state index contributed by atoms with van der Waals surface area (Å²) < 4.78 is 0. The molecule has 23 heavy (non-hydrogen) atoms. The molecule has 6 heteroatoms. The van der Waals surface area contributed by atoms with Crippen LogP contribution < -0.4 is 11.5 Å². The summed E-state index contributed by atoms with van der Waals surface area (Å²) in [4.78, 5) is 0. The highest BCUT2D eigenvalue weighted by atomic mass is 35.5. The van der Waals surface area contributed by atoms with E-state index in [1.54, 1.807) is 12.1 Å². The van der Waals surface area contributed by atoms with Crippen molar-refractivity contribution in [2.75, 3.05) is 0 Å². The molecule has 118 valence electrons. The molecule has 0 fully saturated rings. The zero-order chi connectivity index (χ0) is 16.8. The van der Waals surface area contributed by atoms with Gasteiger partial charge in [-0.05, 0) is 48.4 Å². The second-order valence-electron chi connectivity index (χ2n) is 4.85. The van der Waals surface area contributed by atoms with Crippen molar-refractivity contribution in [3.05, 3.63) is 75.8 Å². The van der Waals surface area contributed by atoms with Gasteiger partial charge in [0.25, 0.3) is 0 Å². The maximum absolute atomic E-state index is 5.92. The summed E-state index contributed by atoms with van der Waals surface area (Å²) in [6, 6.07) is 14.8. The number of nitrogens with two attached hydrogens (primary N) is 2. The molecule has 0 saturated carbocycles. The Morgan fingerprint density at radius 2 is 1.30 bits per heavy atom. The predicted molar refractivity (Wildman–Crippen MR) is 98.9 cm³/mol. The van der Waals surface area contributed by atoms with Crippen LogP contribution in [0.1, 0.15) is 18.1 Å². The van der Waals surface area contributed by atoms with Gasteiger partial charge in [0.1, 0.15) is 0 Å². The first-order chi connectivity index (χ1) is 11.0. The molecular formula is C17H16Cl2N4. The van der Waals surface area contributed by atoms with E-state index < -0.39 is 0 Å². The number of rotatable bonds is 4. The van der Waals surface area contributed by atoms with E-state index in [2.05, 4.69) is 10.2 Å². The fourth-order valence-electron chi connectivity index (χ4n) is 1.90. The third-order valence-corrected chi connectivity index (χ3v) is 3.57. The normalized spacial score (nSPS) is 12.1. The molecule has 0 atom stereocenters. The van der Waals surface area contributed by atoms with Crippen molar-refractivity contribution >= 4 is 40.4 Å². The van der Waals surface area contributed by atoms with Gasteiger partial charge < -0.3 is 11.5 Å². The van der Waals surface area contributed by atoms with Crippen molar-refractivity contribution in [3.63, 3.8) is 0 Å². The summed E-state index contributed by atoms with van der Waals surface area (Å²) in [6.07, 6.45) is 1.90. The molecule has 4 nitrogen and oxygen atoms in total. The molecule has 0 aliphatic rings. The second kappa shape index (κ2) is 7.81. The Labute approximate surface area is 145 Å². The maximum atomic E-state index is 5.92. The van der Waals surface area contributed by atoms with Crippen LogP contribution in [0, 0.1) is 0 Å². The molecule has 0 bridgehead atoms. The van der Waals surface area contributed by atoms with Crippen molar-refractivity contribution < 1.29 is 0 Å². The Morgan fingerprint density at radius 3 is 1.78 bits per heavy atom. The summed E-state index contributed by atoms with van der Waals surface area (Å²) >= 11 is 11.8. The second-order valence-corrected chi connectivity index (χ2v) is 5.72. The van der Waals surface area contributed by atoms with Gasteiger partial charge in [0.05, 0.1) is 5.71 Å². The van der Waals surface area contributed by atoms with Crippen LogP contribution in [-0.2, 0) is 0 Å². The van der Waals surface area contributed by atoms with Crippen molar-refractivity contribution in [3.8, 4) is 0 Å². The van der Waals surface area contributed by atoms with Gasteiger partial charge in [-0.1, -0.05) is 47.5 Å². The van der Waals surface area contributed by atoms with Crippen LogP contribution in [0.3, 0.4) is 0 Å².